The Kier molecular flexibility index (Phi) is 8.33. The van der Waals surface area contributed by atoms with E-state index in [1.165, 1.54) is 16.7 Å². The molecule has 1 N–H and O–H groups in total. The highest BCUT2D eigenvalue weighted by molar-refractivity contribution is 6.36. The molecule has 5 rings (SSSR count). The topological polar surface area (TPSA) is 37.4 Å². The number of rotatable bonds is 8. The number of aryl methyl sites for hydroxylation is 1. The maximum atomic E-state index is 12.5. The van der Waals surface area contributed by atoms with E-state index in [4.69, 9.17) is 32.9 Å². The highest BCUT2D eigenvalue weighted by Gasteiger charge is 2.25. The number of alkyl halides is 1. The van der Waals surface area contributed by atoms with Gasteiger partial charge in [0.1, 0.15) is 6.10 Å². The molecule has 1 aliphatic carbocycles. The highest BCUT2D eigenvalue weighted by atomic mass is 35.5. The van der Waals surface area contributed by atoms with Gasteiger partial charge >= 0.3 is 0 Å². The molecule has 1 unspecified atom stereocenters. The fraction of sp³-hybridized carbons (Fsp3) is 0.367. The highest BCUT2D eigenvalue weighted by Crippen LogP contribution is 2.42. The lowest BCUT2D eigenvalue weighted by molar-refractivity contribution is 0.191. The average Bonchev–Trinajstić information content (AvgIpc) is 3.26. The van der Waals surface area contributed by atoms with E-state index in [1.807, 2.05) is 37.5 Å². The standard InChI is InChI=1S/C30H32Cl2FN3O/c1-34-23-8-10-25-20(16-23)4-2-5-27(26-9-7-22(31)17-28(26)32)30(25)21-6-11-29(35-18-21)37-24-12-15-36(19-24)14-3-13-33/h6-11,16-18,24,34H,2-5,12-15,19H2,1H3. The number of hydrogen-bond donors (Lipinski definition) is 1. The molecule has 7 heteroatoms. The molecular formula is C30H32Cl2FN3O. The molecule has 0 radical (unpaired) electrons. The van der Waals surface area contributed by atoms with Crippen LogP contribution in [0.5, 0.6) is 5.88 Å². The number of nitrogens with zero attached hydrogens (tertiary/aromatic N) is 2. The van der Waals surface area contributed by atoms with Crippen molar-refractivity contribution in [2.75, 3.05) is 38.7 Å². The number of benzene rings is 2. The number of pyridine rings is 1. The summed E-state index contributed by atoms with van der Waals surface area (Å²) in [4.78, 5) is 6.96. The van der Waals surface area contributed by atoms with Gasteiger partial charge in [-0.25, -0.2) is 4.98 Å². The predicted octanol–water partition coefficient (Wildman–Crippen LogP) is 7.54. The molecule has 37 heavy (non-hydrogen) atoms. The van der Waals surface area contributed by atoms with Gasteiger partial charge in [0.15, 0.2) is 0 Å². The van der Waals surface area contributed by atoms with Crippen molar-refractivity contribution < 1.29 is 9.13 Å². The SMILES string of the molecule is CNc1ccc2c(c1)CCCC(c1ccc(Cl)cc1Cl)=C2c1ccc(OC2CCN(CCCF)C2)nc1. The van der Waals surface area contributed by atoms with Crippen LogP contribution in [-0.2, 0) is 6.42 Å². The predicted molar refractivity (Wildman–Crippen MR) is 152 cm³/mol. The van der Waals surface area contributed by atoms with Gasteiger partial charge in [-0.3, -0.25) is 9.29 Å². The molecule has 1 saturated heterocycles. The van der Waals surface area contributed by atoms with Gasteiger partial charge in [-0.15, -0.1) is 0 Å². The molecule has 1 atom stereocenters. The molecule has 3 aromatic rings. The van der Waals surface area contributed by atoms with Gasteiger partial charge < -0.3 is 10.1 Å². The van der Waals surface area contributed by atoms with Gasteiger partial charge in [-0.2, -0.15) is 0 Å². The van der Waals surface area contributed by atoms with Crippen LogP contribution in [0.15, 0.2) is 54.7 Å². The van der Waals surface area contributed by atoms with Crippen LogP contribution in [-0.4, -0.2) is 49.3 Å². The fourth-order valence-electron chi connectivity index (χ4n) is 5.42. The summed E-state index contributed by atoms with van der Waals surface area (Å²) in [5, 5.41) is 4.54. The van der Waals surface area contributed by atoms with Crippen molar-refractivity contribution in [1.82, 2.24) is 9.88 Å². The van der Waals surface area contributed by atoms with Gasteiger partial charge in [-0.05, 0) is 90.3 Å². The van der Waals surface area contributed by atoms with Crippen LogP contribution in [0.1, 0.15) is 47.9 Å². The van der Waals surface area contributed by atoms with Crippen molar-refractivity contribution in [2.45, 2.75) is 38.2 Å². The number of nitrogens with one attached hydrogen (secondary N) is 1. The average molecular weight is 541 g/mol. The van der Waals surface area contributed by atoms with Crippen LogP contribution in [0, 0.1) is 0 Å². The van der Waals surface area contributed by atoms with E-state index in [-0.39, 0.29) is 12.8 Å². The summed E-state index contributed by atoms with van der Waals surface area (Å²) in [6, 6.07) is 16.3. The van der Waals surface area contributed by atoms with Crippen LogP contribution < -0.4 is 10.1 Å². The van der Waals surface area contributed by atoms with Crippen LogP contribution in [0.2, 0.25) is 10.0 Å². The summed E-state index contributed by atoms with van der Waals surface area (Å²) in [7, 11) is 1.95. The molecule has 1 fully saturated rings. The third kappa shape index (κ3) is 5.95. The first-order chi connectivity index (χ1) is 18.1. The monoisotopic (exact) mass is 539 g/mol. The molecule has 0 bridgehead atoms. The fourth-order valence-corrected chi connectivity index (χ4v) is 5.95. The van der Waals surface area contributed by atoms with Gasteiger partial charge in [0.2, 0.25) is 5.88 Å². The number of fused-ring (bicyclic) bond motifs is 1. The Morgan fingerprint density at radius 1 is 1.08 bits per heavy atom. The molecule has 0 amide bonds. The van der Waals surface area contributed by atoms with Crippen molar-refractivity contribution >= 4 is 40.0 Å². The Balaban J connectivity index is 1.49. The zero-order chi connectivity index (χ0) is 25.8. The normalized spacial score (nSPS) is 18.0. The van der Waals surface area contributed by atoms with E-state index >= 15 is 0 Å². The summed E-state index contributed by atoms with van der Waals surface area (Å²) in [5.41, 5.74) is 8.00. The molecule has 2 heterocycles. The number of anilines is 1. The molecule has 0 spiro atoms. The number of likely N-dealkylation sites (tertiary alicyclic amines) is 1. The lowest BCUT2D eigenvalue weighted by Gasteiger charge is -2.19. The Morgan fingerprint density at radius 3 is 2.70 bits per heavy atom. The first-order valence-electron chi connectivity index (χ1n) is 13.0. The van der Waals surface area contributed by atoms with Crippen molar-refractivity contribution in [1.29, 1.82) is 0 Å². The molecule has 1 aromatic heterocycles. The van der Waals surface area contributed by atoms with Crippen molar-refractivity contribution in [2.24, 2.45) is 0 Å². The largest absolute Gasteiger partial charge is 0.473 e. The van der Waals surface area contributed by atoms with E-state index in [0.29, 0.717) is 22.3 Å². The van der Waals surface area contributed by atoms with Crippen molar-refractivity contribution in [3.63, 3.8) is 0 Å². The maximum Gasteiger partial charge on any atom is 0.213 e. The second-order valence-corrected chi connectivity index (χ2v) is 10.6. The first kappa shape index (κ1) is 26.0. The molecule has 0 saturated carbocycles. The Labute approximate surface area is 228 Å². The minimum absolute atomic E-state index is 0.0826. The molecule has 2 aliphatic rings. The van der Waals surface area contributed by atoms with Crippen LogP contribution in [0.25, 0.3) is 11.1 Å². The zero-order valence-corrected chi connectivity index (χ0v) is 22.6. The number of aromatic nitrogens is 1. The lowest BCUT2D eigenvalue weighted by Crippen LogP contribution is -2.26. The second kappa shape index (κ2) is 11.8. The molecule has 1 aliphatic heterocycles. The zero-order valence-electron chi connectivity index (χ0n) is 21.1. The van der Waals surface area contributed by atoms with Gasteiger partial charge in [0.05, 0.1) is 6.67 Å². The minimum atomic E-state index is -0.274. The number of halogens is 3. The van der Waals surface area contributed by atoms with E-state index in [2.05, 4.69) is 34.5 Å². The Bertz CT molecular complexity index is 1280. The lowest BCUT2D eigenvalue weighted by atomic mass is 9.88. The third-order valence-electron chi connectivity index (χ3n) is 7.24. The summed E-state index contributed by atoms with van der Waals surface area (Å²) < 4.78 is 18.7. The molecular weight excluding hydrogens is 508 g/mol. The summed E-state index contributed by atoms with van der Waals surface area (Å²) in [6.07, 6.45) is 6.40. The molecule has 4 nitrogen and oxygen atoms in total. The summed E-state index contributed by atoms with van der Waals surface area (Å²) >= 11 is 12.9. The number of hydrogen-bond acceptors (Lipinski definition) is 4. The van der Waals surface area contributed by atoms with Gasteiger partial charge in [-0.1, -0.05) is 35.3 Å². The number of ether oxygens (including phenoxy) is 1. The summed E-state index contributed by atoms with van der Waals surface area (Å²) in [6.45, 7) is 2.26. The van der Waals surface area contributed by atoms with Crippen LogP contribution in [0.4, 0.5) is 10.1 Å². The van der Waals surface area contributed by atoms with Crippen molar-refractivity contribution in [3.05, 3.63) is 87.0 Å². The van der Waals surface area contributed by atoms with E-state index in [9.17, 15) is 4.39 Å². The first-order valence-corrected chi connectivity index (χ1v) is 13.7. The quantitative estimate of drug-likeness (QED) is 0.320. The van der Waals surface area contributed by atoms with Crippen molar-refractivity contribution in [3.8, 4) is 5.88 Å². The molecule has 194 valence electrons. The minimum Gasteiger partial charge on any atom is -0.473 e. The molecule has 2 aromatic carbocycles. The van der Waals surface area contributed by atoms with E-state index in [1.54, 1.807) is 0 Å². The second-order valence-electron chi connectivity index (χ2n) is 9.71. The van der Waals surface area contributed by atoms with Gasteiger partial charge in [0, 0.05) is 60.2 Å². The van der Waals surface area contributed by atoms with Crippen LogP contribution in [0.3, 0.4) is 0 Å². The van der Waals surface area contributed by atoms with E-state index < -0.39 is 0 Å². The summed E-state index contributed by atoms with van der Waals surface area (Å²) in [5.74, 6) is 0.618. The maximum absolute atomic E-state index is 12.5. The Morgan fingerprint density at radius 2 is 1.95 bits per heavy atom. The van der Waals surface area contributed by atoms with Crippen LogP contribution >= 0.6 is 23.2 Å². The van der Waals surface area contributed by atoms with E-state index in [0.717, 1.165) is 67.7 Å². The smallest absolute Gasteiger partial charge is 0.213 e. The van der Waals surface area contributed by atoms with Gasteiger partial charge in [0.25, 0.3) is 0 Å². The Hall–Kier alpha value is -2.60. The third-order valence-corrected chi connectivity index (χ3v) is 7.79. The number of allylic oxidation sites excluding steroid dienone is 1.